The lowest BCUT2D eigenvalue weighted by molar-refractivity contribution is -0.137. The topological polar surface area (TPSA) is 75.6 Å². The fourth-order valence-corrected chi connectivity index (χ4v) is 2.41. The van der Waals surface area contributed by atoms with Crippen LogP contribution in [0.4, 0.5) is 5.69 Å². The molecule has 0 heterocycles. The van der Waals surface area contributed by atoms with E-state index in [4.69, 9.17) is 21.4 Å². The maximum Gasteiger partial charge on any atom is 0.303 e. The van der Waals surface area contributed by atoms with E-state index >= 15 is 0 Å². The molecule has 0 unspecified atom stereocenters. The summed E-state index contributed by atoms with van der Waals surface area (Å²) >= 11 is 5.89. The zero-order valence-corrected chi connectivity index (χ0v) is 14.0. The Morgan fingerprint density at radius 1 is 1.17 bits per heavy atom. The summed E-state index contributed by atoms with van der Waals surface area (Å²) in [5, 5.41) is 11.9. The number of benzene rings is 2. The van der Waals surface area contributed by atoms with Crippen LogP contribution in [0.3, 0.4) is 0 Å². The van der Waals surface area contributed by atoms with E-state index in [2.05, 4.69) is 5.32 Å². The quantitative estimate of drug-likeness (QED) is 0.793. The summed E-state index contributed by atoms with van der Waals surface area (Å²) in [5.74, 6) is -0.678. The van der Waals surface area contributed by atoms with Gasteiger partial charge in [0, 0.05) is 17.1 Å². The lowest BCUT2D eigenvalue weighted by atomic mass is 10.1. The number of methoxy groups -OCH3 is 1. The number of hydrogen-bond donors (Lipinski definition) is 2. The predicted molar refractivity (Wildman–Crippen MR) is 93.0 cm³/mol. The second-order valence-electron chi connectivity index (χ2n) is 5.24. The highest BCUT2D eigenvalue weighted by atomic mass is 35.5. The van der Waals surface area contributed by atoms with Crippen LogP contribution in [0.5, 0.6) is 5.75 Å². The van der Waals surface area contributed by atoms with Crippen LogP contribution in [0.15, 0.2) is 42.5 Å². The molecule has 0 aliphatic heterocycles. The third-order valence-corrected chi connectivity index (χ3v) is 3.71. The fraction of sp³-hybridized carbons (Fsp3) is 0.222. The van der Waals surface area contributed by atoms with Crippen LogP contribution in [0.1, 0.15) is 28.8 Å². The molecule has 2 N–H and O–H groups in total. The Kier molecular flexibility index (Phi) is 6.21. The Labute approximate surface area is 145 Å². The highest BCUT2D eigenvalue weighted by molar-refractivity contribution is 6.31. The van der Waals surface area contributed by atoms with Crippen molar-refractivity contribution in [2.75, 3.05) is 12.4 Å². The molecule has 0 aromatic heterocycles. The third kappa shape index (κ3) is 4.99. The molecule has 5 nitrogen and oxygen atoms in total. The molecule has 24 heavy (non-hydrogen) atoms. The van der Waals surface area contributed by atoms with Gasteiger partial charge in [-0.05, 0) is 48.7 Å². The molecule has 0 aliphatic carbocycles. The molecule has 2 aromatic rings. The number of carboxylic acid groups (broad SMARTS) is 1. The molecular weight excluding hydrogens is 330 g/mol. The minimum atomic E-state index is -0.796. The summed E-state index contributed by atoms with van der Waals surface area (Å²) in [6.07, 6.45) is 1.42. The molecule has 0 radical (unpaired) electrons. The molecule has 0 atom stereocenters. The van der Waals surface area contributed by atoms with Gasteiger partial charge in [-0.3, -0.25) is 9.59 Å². The van der Waals surface area contributed by atoms with E-state index in [0.29, 0.717) is 34.9 Å². The van der Waals surface area contributed by atoms with Gasteiger partial charge in [0.05, 0.1) is 12.7 Å². The van der Waals surface area contributed by atoms with Gasteiger partial charge in [-0.1, -0.05) is 23.7 Å². The number of rotatable bonds is 7. The molecule has 0 saturated heterocycles. The summed E-state index contributed by atoms with van der Waals surface area (Å²) in [6, 6.07) is 12.1. The van der Waals surface area contributed by atoms with Crippen molar-refractivity contribution in [3.63, 3.8) is 0 Å². The number of nitrogens with one attached hydrogen (secondary N) is 1. The van der Waals surface area contributed by atoms with E-state index in [1.807, 2.05) is 12.1 Å². The number of halogens is 1. The number of carbonyl (C=O) groups excluding carboxylic acids is 1. The van der Waals surface area contributed by atoms with Crippen molar-refractivity contribution >= 4 is 29.2 Å². The van der Waals surface area contributed by atoms with Gasteiger partial charge >= 0.3 is 5.97 Å². The zero-order chi connectivity index (χ0) is 17.5. The number of anilines is 1. The summed E-state index contributed by atoms with van der Waals surface area (Å²) in [4.78, 5) is 22.8. The minimum Gasteiger partial charge on any atom is -0.496 e. The molecular formula is C18H18ClNO4. The SMILES string of the molecule is COc1cc(Cl)ccc1C(=O)Nc1ccc(CCCC(=O)O)cc1. The monoisotopic (exact) mass is 347 g/mol. The number of hydrogen-bond acceptors (Lipinski definition) is 3. The van der Waals surface area contributed by atoms with Crippen molar-refractivity contribution in [2.24, 2.45) is 0 Å². The standard InChI is InChI=1S/C18H18ClNO4/c1-24-16-11-13(19)7-10-15(16)18(23)20-14-8-5-12(6-9-14)3-2-4-17(21)22/h5-11H,2-4H2,1H3,(H,20,23)(H,21,22). The first kappa shape index (κ1) is 17.8. The second-order valence-corrected chi connectivity index (χ2v) is 5.68. The maximum atomic E-state index is 12.3. The number of ether oxygens (including phenoxy) is 1. The van der Waals surface area contributed by atoms with Crippen LogP contribution in [0.25, 0.3) is 0 Å². The summed E-state index contributed by atoms with van der Waals surface area (Å²) < 4.78 is 5.17. The largest absolute Gasteiger partial charge is 0.496 e. The van der Waals surface area contributed by atoms with Crippen LogP contribution in [-0.4, -0.2) is 24.1 Å². The molecule has 1 amide bonds. The number of carbonyl (C=O) groups is 2. The van der Waals surface area contributed by atoms with Crippen molar-refractivity contribution in [1.82, 2.24) is 0 Å². The molecule has 0 bridgehead atoms. The van der Waals surface area contributed by atoms with Crippen LogP contribution in [-0.2, 0) is 11.2 Å². The number of amides is 1. The number of carboxylic acids is 1. The number of aryl methyl sites for hydroxylation is 1. The van der Waals surface area contributed by atoms with Gasteiger partial charge in [-0.15, -0.1) is 0 Å². The van der Waals surface area contributed by atoms with Crippen molar-refractivity contribution < 1.29 is 19.4 Å². The smallest absolute Gasteiger partial charge is 0.303 e. The van der Waals surface area contributed by atoms with E-state index in [0.717, 1.165) is 5.56 Å². The van der Waals surface area contributed by atoms with Gasteiger partial charge in [0.2, 0.25) is 0 Å². The molecule has 0 fully saturated rings. The Morgan fingerprint density at radius 3 is 2.50 bits per heavy atom. The summed E-state index contributed by atoms with van der Waals surface area (Å²) in [5.41, 5.74) is 2.07. The summed E-state index contributed by atoms with van der Waals surface area (Å²) in [6.45, 7) is 0. The lowest BCUT2D eigenvalue weighted by Gasteiger charge is -2.10. The predicted octanol–water partition coefficient (Wildman–Crippen LogP) is 4.01. The van der Waals surface area contributed by atoms with Crippen molar-refractivity contribution in [3.8, 4) is 5.75 Å². The van der Waals surface area contributed by atoms with E-state index < -0.39 is 5.97 Å². The van der Waals surface area contributed by atoms with Crippen molar-refractivity contribution in [2.45, 2.75) is 19.3 Å². The fourth-order valence-electron chi connectivity index (χ4n) is 2.25. The third-order valence-electron chi connectivity index (χ3n) is 3.48. The number of aliphatic carboxylic acids is 1. The molecule has 0 saturated carbocycles. The Morgan fingerprint density at radius 2 is 1.88 bits per heavy atom. The van der Waals surface area contributed by atoms with Gasteiger partial charge in [-0.2, -0.15) is 0 Å². The van der Waals surface area contributed by atoms with Gasteiger partial charge in [0.25, 0.3) is 5.91 Å². The lowest BCUT2D eigenvalue weighted by Crippen LogP contribution is -2.13. The first-order chi connectivity index (χ1) is 11.5. The zero-order valence-electron chi connectivity index (χ0n) is 13.2. The van der Waals surface area contributed by atoms with Crippen molar-refractivity contribution in [3.05, 3.63) is 58.6 Å². The van der Waals surface area contributed by atoms with E-state index in [1.54, 1.807) is 30.3 Å². The Bertz CT molecular complexity index is 728. The van der Waals surface area contributed by atoms with Crippen LogP contribution in [0, 0.1) is 0 Å². The maximum absolute atomic E-state index is 12.3. The molecule has 0 aliphatic rings. The second kappa shape index (κ2) is 8.36. The molecule has 126 valence electrons. The minimum absolute atomic E-state index is 0.148. The van der Waals surface area contributed by atoms with Gasteiger partial charge < -0.3 is 15.2 Å². The first-order valence-electron chi connectivity index (χ1n) is 7.45. The van der Waals surface area contributed by atoms with Crippen LogP contribution in [0.2, 0.25) is 5.02 Å². The molecule has 2 rings (SSSR count). The van der Waals surface area contributed by atoms with Gasteiger partial charge in [-0.25, -0.2) is 0 Å². The van der Waals surface area contributed by atoms with Crippen LogP contribution < -0.4 is 10.1 Å². The Balaban J connectivity index is 2.00. The molecule has 2 aromatic carbocycles. The van der Waals surface area contributed by atoms with Crippen LogP contribution >= 0.6 is 11.6 Å². The average Bonchev–Trinajstić information content (AvgIpc) is 2.55. The van der Waals surface area contributed by atoms with Gasteiger partial charge in [0.15, 0.2) is 0 Å². The van der Waals surface area contributed by atoms with E-state index in [-0.39, 0.29) is 12.3 Å². The normalized spacial score (nSPS) is 10.2. The average molecular weight is 348 g/mol. The highest BCUT2D eigenvalue weighted by Gasteiger charge is 2.13. The van der Waals surface area contributed by atoms with Gasteiger partial charge in [0.1, 0.15) is 5.75 Å². The highest BCUT2D eigenvalue weighted by Crippen LogP contribution is 2.24. The summed E-state index contributed by atoms with van der Waals surface area (Å²) in [7, 11) is 1.48. The van der Waals surface area contributed by atoms with E-state index in [1.165, 1.54) is 7.11 Å². The Hall–Kier alpha value is -2.53. The molecule has 6 heteroatoms. The molecule has 0 spiro atoms. The van der Waals surface area contributed by atoms with E-state index in [9.17, 15) is 9.59 Å². The van der Waals surface area contributed by atoms with Crippen molar-refractivity contribution in [1.29, 1.82) is 0 Å². The first-order valence-corrected chi connectivity index (χ1v) is 7.83.